The molecule has 1 aliphatic rings. The van der Waals surface area contributed by atoms with Gasteiger partial charge in [-0.3, -0.25) is 14.6 Å². The van der Waals surface area contributed by atoms with Gasteiger partial charge in [-0.25, -0.2) is 17.7 Å². The summed E-state index contributed by atoms with van der Waals surface area (Å²) in [5.74, 6) is 0.881. The number of hydrogen-bond acceptors (Lipinski definition) is 7. The summed E-state index contributed by atoms with van der Waals surface area (Å²) in [5.41, 5.74) is 4.55. The molecule has 33 heavy (non-hydrogen) atoms. The predicted octanol–water partition coefficient (Wildman–Crippen LogP) is 1.97. The summed E-state index contributed by atoms with van der Waals surface area (Å²) in [5, 5.41) is 4.41. The monoisotopic (exact) mass is 469 g/mol. The minimum atomic E-state index is -3.22. The Morgan fingerprint density at radius 2 is 1.88 bits per heavy atom. The van der Waals surface area contributed by atoms with Crippen LogP contribution in [0.3, 0.4) is 0 Å². The van der Waals surface area contributed by atoms with Crippen molar-refractivity contribution in [2.75, 3.05) is 37.8 Å². The van der Waals surface area contributed by atoms with E-state index in [1.54, 1.807) is 19.4 Å². The first kappa shape index (κ1) is 23.3. The van der Waals surface area contributed by atoms with Crippen LogP contribution in [0.25, 0.3) is 0 Å². The van der Waals surface area contributed by atoms with Gasteiger partial charge in [-0.15, -0.1) is 0 Å². The lowest BCUT2D eigenvalue weighted by Gasteiger charge is -2.42. The van der Waals surface area contributed by atoms with E-state index in [0.717, 1.165) is 37.6 Å². The van der Waals surface area contributed by atoms with Crippen molar-refractivity contribution in [2.24, 2.45) is 7.05 Å². The SMILES string of the molecule is Cc1c(CN2CCN(c3cnccn3)CC2c2ccc(CN(C)S(C)(=O)=O)cc2)cnn1C. The van der Waals surface area contributed by atoms with E-state index in [2.05, 4.69) is 43.9 Å². The molecule has 0 bridgehead atoms. The second-order valence-corrected chi connectivity index (χ2v) is 10.7. The Kier molecular flexibility index (Phi) is 6.78. The number of sulfonamides is 1. The molecule has 1 unspecified atom stereocenters. The first-order valence-corrected chi connectivity index (χ1v) is 12.8. The number of nitrogens with zero attached hydrogens (tertiary/aromatic N) is 7. The summed E-state index contributed by atoms with van der Waals surface area (Å²) in [6.07, 6.45) is 8.40. The molecule has 0 spiro atoms. The van der Waals surface area contributed by atoms with Gasteiger partial charge in [0.25, 0.3) is 0 Å². The van der Waals surface area contributed by atoms with Gasteiger partial charge >= 0.3 is 0 Å². The van der Waals surface area contributed by atoms with Crippen molar-refractivity contribution in [1.82, 2.24) is 29.0 Å². The van der Waals surface area contributed by atoms with Crippen molar-refractivity contribution < 1.29 is 8.42 Å². The van der Waals surface area contributed by atoms with E-state index in [9.17, 15) is 8.42 Å². The maximum absolute atomic E-state index is 11.8. The number of benzene rings is 1. The van der Waals surface area contributed by atoms with Crippen molar-refractivity contribution in [3.8, 4) is 0 Å². The molecule has 3 aromatic rings. The minimum absolute atomic E-state index is 0.155. The Morgan fingerprint density at radius 1 is 1.12 bits per heavy atom. The molecule has 1 fully saturated rings. The first-order chi connectivity index (χ1) is 15.7. The lowest BCUT2D eigenvalue weighted by Crippen LogP contribution is -2.48. The standard InChI is InChI=1S/C23H31N7O2S/c1-18-21(13-26-28(18)3)16-29-11-12-30(23-14-24-9-10-25-23)17-22(29)20-7-5-19(6-8-20)15-27(2)33(4,31)32/h5-10,13-14,22H,11-12,15-17H2,1-4H3. The van der Waals surface area contributed by atoms with Gasteiger partial charge in [0.1, 0.15) is 5.82 Å². The van der Waals surface area contributed by atoms with Crippen molar-refractivity contribution >= 4 is 15.8 Å². The molecule has 10 heteroatoms. The van der Waals surface area contributed by atoms with Crippen LogP contribution in [0.1, 0.15) is 28.4 Å². The predicted molar refractivity (Wildman–Crippen MR) is 128 cm³/mol. The highest BCUT2D eigenvalue weighted by Crippen LogP contribution is 2.30. The fourth-order valence-corrected chi connectivity index (χ4v) is 4.51. The Balaban J connectivity index is 1.58. The Labute approximate surface area is 195 Å². The summed E-state index contributed by atoms with van der Waals surface area (Å²) in [4.78, 5) is 13.5. The molecule has 9 nitrogen and oxygen atoms in total. The zero-order chi connectivity index (χ0) is 23.6. The van der Waals surface area contributed by atoms with Crippen LogP contribution in [-0.2, 0) is 30.2 Å². The van der Waals surface area contributed by atoms with Gasteiger partial charge in [-0.1, -0.05) is 24.3 Å². The van der Waals surface area contributed by atoms with Crippen LogP contribution in [0, 0.1) is 6.92 Å². The molecule has 3 heterocycles. The molecule has 176 valence electrons. The molecule has 0 saturated carbocycles. The topological polar surface area (TPSA) is 87.5 Å². The van der Waals surface area contributed by atoms with Gasteiger partial charge in [0, 0.05) is 70.5 Å². The van der Waals surface area contributed by atoms with E-state index < -0.39 is 10.0 Å². The number of rotatable bonds is 7. The Morgan fingerprint density at radius 3 is 2.48 bits per heavy atom. The first-order valence-electron chi connectivity index (χ1n) is 10.9. The fraction of sp³-hybridized carbons (Fsp3) is 0.435. The molecule has 0 amide bonds. The van der Waals surface area contributed by atoms with E-state index >= 15 is 0 Å². The van der Waals surface area contributed by atoms with Crippen LogP contribution < -0.4 is 4.90 Å². The van der Waals surface area contributed by atoms with Gasteiger partial charge in [-0.2, -0.15) is 5.10 Å². The number of aryl methyl sites for hydroxylation is 1. The van der Waals surface area contributed by atoms with Crippen LogP contribution in [0.4, 0.5) is 5.82 Å². The van der Waals surface area contributed by atoms with Crippen LogP contribution >= 0.6 is 0 Å². The minimum Gasteiger partial charge on any atom is -0.352 e. The third-order valence-electron chi connectivity index (χ3n) is 6.41. The summed E-state index contributed by atoms with van der Waals surface area (Å²) in [6.45, 7) is 5.81. The van der Waals surface area contributed by atoms with Gasteiger partial charge in [0.2, 0.25) is 10.0 Å². The maximum Gasteiger partial charge on any atom is 0.211 e. The highest BCUT2D eigenvalue weighted by molar-refractivity contribution is 7.88. The third-order valence-corrected chi connectivity index (χ3v) is 7.67. The van der Waals surface area contributed by atoms with Gasteiger partial charge in [0.05, 0.1) is 24.7 Å². The fourth-order valence-electron chi connectivity index (χ4n) is 4.13. The van der Waals surface area contributed by atoms with Crippen molar-refractivity contribution in [3.05, 3.63) is 71.4 Å². The molecule has 1 aromatic carbocycles. The highest BCUT2D eigenvalue weighted by Gasteiger charge is 2.30. The second-order valence-electron chi connectivity index (χ2n) is 8.64. The number of piperazine rings is 1. The summed E-state index contributed by atoms with van der Waals surface area (Å²) >= 11 is 0. The summed E-state index contributed by atoms with van der Waals surface area (Å²) in [6, 6.07) is 8.41. The van der Waals surface area contributed by atoms with E-state index in [-0.39, 0.29) is 6.04 Å². The van der Waals surface area contributed by atoms with Crippen LogP contribution in [0.2, 0.25) is 0 Å². The van der Waals surface area contributed by atoms with Crippen LogP contribution in [0.5, 0.6) is 0 Å². The van der Waals surface area contributed by atoms with E-state index in [4.69, 9.17) is 0 Å². The summed E-state index contributed by atoms with van der Waals surface area (Å²) < 4.78 is 26.8. The molecule has 1 aliphatic heterocycles. The molecular formula is C23H31N7O2S. The molecule has 1 atom stereocenters. The lowest BCUT2D eigenvalue weighted by molar-refractivity contribution is 0.168. The number of hydrogen-bond donors (Lipinski definition) is 0. The average Bonchev–Trinajstić information content (AvgIpc) is 3.12. The van der Waals surface area contributed by atoms with Gasteiger partial charge in [-0.05, 0) is 18.1 Å². The zero-order valence-corrected chi connectivity index (χ0v) is 20.4. The average molecular weight is 470 g/mol. The number of aromatic nitrogens is 4. The molecule has 2 aromatic heterocycles. The van der Waals surface area contributed by atoms with Crippen molar-refractivity contribution in [2.45, 2.75) is 26.1 Å². The molecule has 1 saturated heterocycles. The lowest BCUT2D eigenvalue weighted by atomic mass is 10.00. The molecular weight excluding hydrogens is 438 g/mol. The zero-order valence-electron chi connectivity index (χ0n) is 19.6. The maximum atomic E-state index is 11.8. The molecule has 0 aliphatic carbocycles. The highest BCUT2D eigenvalue weighted by atomic mass is 32.2. The quantitative estimate of drug-likeness (QED) is 0.523. The van der Waals surface area contributed by atoms with Crippen LogP contribution in [-0.4, -0.2) is 70.3 Å². The van der Waals surface area contributed by atoms with Gasteiger partial charge < -0.3 is 4.90 Å². The summed E-state index contributed by atoms with van der Waals surface area (Å²) in [7, 11) is 0.348. The van der Waals surface area contributed by atoms with Gasteiger partial charge in [0.15, 0.2) is 0 Å². The van der Waals surface area contributed by atoms with E-state index in [1.807, 2.05) is 36.3 Å². The van der Waals surface area contributed by atoms with E-state index in [0.29, 0.717) is 6.54 Å². The third kappa shape index (κ3) is 5.40. The van der Waals surface area contributed by atoms with Crippen molar-refractivity contribution in [1.29, 1.82) is 0 Å². The largest absolute Gasteiger partial charge is 0.352 e. The second kappa shape index (κ2) is 9.58. The molecule has 0 radical (unpaired) electrons. The molecule has 4 rings (SSSR count). The Bertz CT molecular complexity index is 1180. The smallest absolute Gasteiger partial charge is 0.211 e. The normalized spacial score (nSPS) is 17.6. The Hall–Kier alpha value is -2.82. The number of anilines is 1. The van der Waals surface area contributed by atoms with E-state index in [1.165, 1.54) is 27.4 Å². The van der Waals surface area contributed by atoms with Crippen molar-refractivity contribution in [3.63, 3.8) is 0 Å². The molecule has 0 N–H and O–H groups in total. The van der Waals surface area contributed by atoms with Crippen LogP contribution in [0.15, 0.2) is 49.1 Å².